The molecule has 2 aromatic carbocycles. The van der Waals surface area contributed by atoms with E-state index in [4.69, 9.17) is 21.1 Å². The summed E-state index contributed by atoms with van der Waals surface area (Å²) in [6, 6.07) is 21.2. The van der Waals surface area contributed by atoms with Gasteiger partial charge in [0.25, 0.3) is 5.91 Å². The molecule has 0 atom stereocenters. The van der Waals surface area contributed by atoms with E-state index in [0.717, 1.165) is 39.5 Å². The summed E-state index contributed by atoms with van der Waals surface area (Å²) in [7, 11) is 0. The van der Waals surface area contributed by atoms with E-state index in [0.29, 0.717) is 30.1 Å². The van der Waals surface area contributed by atoms with Gasteiger partial charge in [-0.25, -0.2) is 4.98 Å². The Labute approximate surface area is 195 Å². The number of halogens is 1. The van der Waals surface area contributed by atoms with Crippen molar-refractivity contribution in [3.63, 3.8) is 0 Å². The van der Waals surface area contributed by atoms with Crippen molar-refractivity contribution < 1.29 is 9.32 Å². The lowest BCUT2D eigenvalue weighted by atomic mass is 10.00. The Hall–Kier alpha value is -3.90. The minimum Gasteiger partial charge on any atom is -0.356 e. The molecule has 6 nitrogen and oxygen atoms in total. The van der Waals surface area contributed by atoms with Crippen molar-refractivity contribution in [3.05, 3.63) is 101 Å². The van der Waals surface area contributed by atoms with Crippen LogP contribution >= 0.6 is 11.6 Å². The van der Waals surface area contributed by atoms with Gasteiger partial charge in [0.05, 0.1) is 12.2 Å². The van der Waals surface area contributed by atoms with Crippen molar-refractivity contribution in [2.75, 3.05) is 6.54 Å². The van der Waals surface area contributed by atoms with Gasteiger partial charge in [-0.3, -0.25) is 4.79 Å². The number of amides is 1. The summed E-state index contributed by atoms with van der Waals surface area (Å²) in [5, 5.41) is 4.93. The fraction of sp³-hybridized carbons (Fsp3) is 0.115. The molecule has 1 amide bonds. The van der Waals surface area contributed by atoms with Gasteiger partial charge >= 0.3 is 0 Å². The minimum absolute atomic E-state index is 0.0385. The van der Waals surface area contributed by atoms with Crippen LogP contribution in [0.2, 0.25) is 5.02 Å². The van der Waals surface area contributed by atoms with Crippen LogP contribution in [0.25, 0.3) is 28.2 Å². The third-order valence-electron chi connectivity index (χ3n) is 6.01. The first-order chi connectivity index (χ1) is 16.2. The Morgan fingerprint density at radius 1 is 1.00 bits per heavy atom. The van der Waals surface area contributed by atoms with Crippen molar-refractivity contribution in [1.82, 2.24) is 19.4 Å². The molecular weight excluding hydrogens is 436 g/mol. The smallest absolute Gasteiger partial charge is 0.254 e. The predicted octanol–water partition coefficient (Wildman–Crippen LogP) is 5.51. The highest BCUT2D eigenvalue weighted by Crippen LogP contribution is 2.31. The van der Waals surface area contributed by atoms with Crippen LogP contribution < -0.4 is 0 Å². The van der Waals surface area contributed by atoms with Gasteiger partial charge in [-0.2, -0.15) is 0 Å². The fourth-order valence-corrected chi connectivity index (χ4v) is 4.40. The number of benzene rings is 2. The van der Waals surface area contributed by atoms with E-state index in [1.54, 1.807) is 0 Å². The highest BCUT2D eigenvalue weighted by Gasteiger charge is 2.28. The van der Waals surface area contributed by atoms with Gasteiger partial charge in [0.15, 0.2) is 5.76 Å². The maximum absolute atomic E-state index is 13.3. The number of aromatic nitrogens is 3. The van der Waals surface area contributed by atoms with Gasteiger partial charge in [0, 0.05) is 46.2 Å². The Balaban J connectivity index is 1.25. The molecule has 0 fully saturated rings. The number of fused-ring (bicyclic) bond motifs is 2. The third-order valence-corrected chi connectivity index (χ3v) is 6.26. The molecule has 162 valence electrons. The fourth-order valence-electron chi connectivity index (χ4n) is 4.28. The van der Waals surface area contributed by atoms with Crippen molar-refractivity contribution in [2.45, 2.75) is 13.0 Å². The summed E-state index contributed by atoms with van der Waals surface area (Å²) in [4.78, 5) is 19.8. The van der Waals surface area contributed by atoms with E-state index < -0.39 is 0 Å². The summed E-state index contributed by atoms with van der Waals surface area (Å²) in [6.45, 7) is 1.02. The first-order valence-electron chi connectivity index (χ1n) is 10.7. The average molecular weight is 455 g/mol. The first kappa shape index (κ1) is 19.8. The first-order valence-corrected chi connectivity index (χ1v) is 11.1. The molecule has 0 spiro atoms. The lowest BCUT2D eigenvalue weighted by Crippen LogP contribution is -2.36. The summed E-state index contributed by atoms with van der Waals surface area (Å²) in [5.74, 6) is 0.712. The van der Waals surface area contributed by atoms with Crippen molar-refractivity contribution in [2.24, 2.45) is 0 Å². The molecule has 33 heavy (non-hydrogen) atoms. The molecule has 6 rings (SSSR count). The molecule has 5 aromatic rings. The number of hydrogen-bond donors (Lipinski definition) is 0. The molecule has 1 aliphatic heterocycles. The summed E-state index contributed by atoms with van der Waals surface area (Å²) < 4.78 is 7.57. The van der Waals surface area contributed by atoms with Crippen LogP contribution in [0.15, 0.2) is 83.6 Å². The number of pyridine rings is 1. The zero-order chi connectivity index (χ0) is 22.4. The number of hydrogen-bond acceptors (Lipinski definition) is 4. The van der Waals surface area contributed by atoms with E-state index in [-0.39, 0.29) is 5.91 Å². The van der Waals surface area contributed by atoms with Crippen LogP contribution in [0.1, 0.15) is 21.6 Å². The molecule has 0 bridgehead atoms. The number of imidazole rings is 1. The van der Waals surface area contributed by atoms with Crippen LogP contribution in [0.3, 0.4) is 0 Å². The second-order valence-electron chi connectivity index (χ2n) is 8.09. The maximum Gasteiger partial charge on any atom is 0.254 e. The van der Waals surface area contributed by atoms with Gasteiger partial charge in [0.2, 0.25) is 0 Å². The van der Waals surface area contributed by atoms with Gasteiger partial charge in [-0.05, 0) is 42.8 Å². The van der Waals surface area contributed by atoms with E-state index >= 15 is 0 Å². The molecule has 3 aromatic heterocycles. The van der Waals surface area contributed by atoms with E-state index in [2.05, 4.69) is 5.16 Å². The molecule has 0 unspecified atom stereocenters. The SMILES string of the molecule is O=C(c1ccn2cc(-c3ccccc3)nc2c1)N1CCc2c(noc2-c2ccc(Cl)cc2)C1. The van der Waals surface area contributed by atoms with Crippen LogP contribution in [0, 0.1) is 0 Å². The van der Waals surface area contributed by atoms with Crippen LogP contribution in [-0.2, 0) is 13.0 Å². The normalized spacial score (nSPS) is 13.3. The number of carbonyl (C=O) groups is 1. The molecule has 0 N–H and O–H groups in total. The number of rotatable bonds is 3. The number of nitrogens with zero attached hydrogens (tertiary/aromatic N) is 4. The monoisotopic (exact) mass is 454 g/mol. The Bertz CT molecular complexity index is 1470. The number of carbonyl (C=O) groups excluding carboxylic acids is 1. The Kier molecular flexibility index (Phi) is 4.73. The highest BCUT2D eigenvalue weighted by molar-refractivity contribution is 6.30. The standard InChI is InChI=1S/C26H19ClN4O2/c27-20-8-6-18(7-9-20)25-21-11-13-31(16-23(21)29-33-25)26(32)19-10-12-30-15-22(28-24(30)14-19)17-4-2-1-3-5-17/h1-10,12,14-15H,11,13,16H2. The molecular formula is C26H19ClN4O2. The van der Waals surface area contributed by atoms with Gasteiger partial charge in [0.1, 0.15) is 11.3 Å². The summed E-state index contributed by atoms with van der Waals surface area (Å²) >= 11 is 6.00. The van der Waals surface area contributed by atoms with E-state index in [9.17, 15) is 4.79 Å². The molecule has 7 heteroatoms. The summed E-state index contributed by atoms with van der Waals surface area (Å²) in [6.07, 6.45) is 4.54. The van der Waals surface area contributed by atoms with E-state index in [1.807, 2.05) is 88.4 Å². The molecule has 0 radical (unpaired) electrons. The Morgan fingerprint density at radius 3 is 2.64 bits per heavy atom. The van der Waals surface area contributed by atoms with Crippen molar-refractivity contribution >= 4 is 23.2 Å². The highest BCUT2D eigenvalue weighted by atomic mass is 35.5. The van der Waals surface area contributed by atoms with Crippen molar-refractivity contribution in [1.29, 1.82) is 0 Å². The summed E-state index contributed by atoms with van der Waals surface area (Å²) in [5.41, 5.74) is 6.05. The van der Waals surface area contributed by atoms with Crippen LogP contribution in [0.4, 0.5) is 0 Å². The topological polar surface area (TPSA) is 63.6 Å². The van der Waals surface area contributed by atoms with Gasteiger partial charge < -0.3 is 13.8 Å². The molecule has 4 heterocycles. The zero-order valence-electron chi connectivity index (χ0n) is 17.6. The zero-order valence-corrected chi connectivity index (χ0v) is 18.4. The average Bonchev–Trinajstić information content (AvgIpc) is 3.48. The Morgan fingerprint density at radius 2 is 1.82 bits per heavy atom. The molecule has 0 aliphatic carbocycles. The predicted molar refractivity (Wildman–Crippen MR) is 126 cm³/mol. The molecule has 0 saturated carbocycles. The molecule has 0 saturated heterocycles. The minimum atomic E-state index is -0.0385. The second kappa shape index (κ2) is 7.90. The van der Waals surface area contributed by atoms with Crippen LogP contribution in [0.5, 0.6) is 0 Å². The van der Waals surface area contributed by atoms with Gasteiger partial charge in [-0.1, -0.05) is 47.1 Å². The second-order valence-corrected chi connectivity index (χ2v) is 8.53. The third kappa shape index (κ3) is 3.58. The quantitative estimate of drug-likeness (QED) is 0.360. The van der Waals surface area contributed by atoms with Crippen molar-refractivity contribution in [3.8, 4) is 22.6 Å². The maximum atomic E-state index is 13.3. The lowest BCUT2D eigenvalue weighted by Gasteiger charge is -2.26. The van der Waals surface area contributed by atoms with E-state index in [1.165, 1.54) is 0 Å². The largest absolute Gasteiger partial charge is 0.356 e. The molecule has 1 aliphatic rings. The lowest BCUT2D eigenvalue weighted by molar-refractivity contribution is 0.0731. The van der Waals surface area contributed by atoms with Crippen LogP contribution in [-0.4, -0.2) is 31.9 Å². The van der Waals surface area contributed by atoms with Gasteiger partial charge in [-0.15, -0.1) is 0 Å².